The fraction of sp³-hybridized carbons (Fsp3) is 0.600. The van der Waals surface area contributed by atoms with Gasteiger partial charge in [0.25, 0.3) is 10.0 Å². The lowest BCUT2D eigenvalue weighted by Crippen LogP contribution is -2.41. The van der Waals surface area contributed by atoms with Gasteiger partial charge in [0, 0.05) is 13.1 Å². The van der Waals surface area contributed by atoms with Gasteiger partial charge in [0.2, 0.25) is 5.09 Å². The molecule has 1 unspecified atom stereocenters. The average molecular weight is 245 g/mol. The van der Waals surface area contributed by atoms with Crippen LogP contribution in [0.4, 0.5) is 0 Å². The van der Waals surface area contributed by atoms with E-state index in [0.29, 0.717) is 25.1 Å². The molecule has 6 heteroatoms. The van der Waals surface area contributed by atoms with Crippen molar-refractivity contribution in [3.8, 4) is 0 Å². The van der Waals surface area contributed by atoms with Gasteiger partial charge in [0.15, 0.2) is 0 Å². The molecule has 1 aromatic rings. The van der Waals surface area contributed by atoms with Crippen LogP contribution < -0.4 is 0 Å². The Balaban J connectivity index is 2.25. The first-order valence-electron chi connectivity index (χ1n) is 5.25. The lowest BCUT2D eigenvalue weighted by atomic mass is 10.1. The summed E-state index contributed by atoms with van der Waals surface area (Å²) in [6.45, 7) is 2.30. The van der Waals surface area contributed by atoms with E-state index in [4.69, 9.17) is 4.42 Å². The zero-order valence-electron chi connectivity index (χ0n) is 9.09. The van der Waals surface area contributed by atoms with Gasteiger partial charge in [-0.2, -0.15) is 4.31 Å². The highest BCUT2D eigenvalue weighted by Gasteiger charge is 2.31. The van der Waals surface area contributed by atoms with Crippen molar-refractivity contribution in [2.24, 2.45) is 0 Å². The molecule has 0 saturated carbocycles. The summed E-state index contributed by atoms with van der Waals surface area (Å²) < 4.78 is 30.5. The number of piperidine rings is 1. The molecule has 0 aromatic carbocycles. The molecule has 16 heavy (non-hydrogen) atoms. The van der Waals surface area contributed by atoms with Crippen LogP contribution in [-0.2, 0) is 10.0 Å². The Morgan fingerprint density at radius 1 is 1.50 bits per heavy atom. The van der Waals surface area contributed by atoms with E-state index in [-0.39, 0.29) is 11.6 Å². The SMILES string of the molecule is Cc1ccc(S(=O)(=O)N2CCCC(O)C2)o1. The maximum atomic E-state index is 12.1. The lowest BCUT2D eigenvalue weighted by molar-refractivity contribution is 0.107. The van der Waals surface area contributed by atoms with Crippen molar-refractivity contribution in [3.63, 3.8) is 0 Å². The minimum atomic E-state index is -3.57. The van der Waals surface area contributed by atoms with Crippen LogP contribution in [0.5, 0.6) is 0 Å². The minimum absolute atomic E-state index is 0.0425. The van der Waals surface area contributed by atoms with E-state index in [2.05, 4.69) is 0 Å². The first-order chi connectivity index (χ1) is 7.50. The molecule has 90 valence electrons. The van der Waals surface area contributed by atoms with E-state index in [1.165, 1.54) is 10.4 Å². The van der Waals surface area contributed by atoms with Gasteiger partial charge in [-0.3, -0.25) is 0 Å². The monoisotopic (exact) mass is 245 g/mol. The highest BCUT2D eigenvalue weighted by molar-refractivity contribution is 7.89. The number of rotatable bonds is 2. The standard InChI is InChI=1S/C10H15NO4S/c1-8-4-5-10(15-8)16(13,14)11-6-2-3-9(12)7-11/h4-5,9,12H,2-3,6-7H2,1H3. The van der Waals surface area contributed by atoms with Crippen LogP contribution in [0, 0.1) is 6.92 Å². The van der Waals surface area contributed by atoms with E-state index in [1.807, 2.05) is 0 Å². The second-order valence-corrected chi connectivity index (χ2v) is 5.89. The molecule has 1 aliphatic rings. The summed E-state index contributed by atoms with van der Waals surface area (Å²) in [5.74, 6) is 0.566. The maximum Gasteiger partial charge on any atom is 0.276 e. The van der Waals surface area contributed by atoms with Gasteiger partial charge < -0.3 is 9.52 Å². The Hall–Kier alpha value is -0.850. The molecule has 0 aliphatic carbocycles. The highest BCUT2D eigenvalue weighted by Crippen LogP contribution is 2.22. The third kappa shape index (κ3) is 2.14. The summed E-state index contributed by atoms with van der Waals surface area (Å²) >= 11 is 0. The Morgan fingerprint density at radius 2 is 2.25 bits per heavy atom. The normalized spacial score (nSPS) is 23.5. The molecule has 1 aromatic heterocycles. The fourth-order valence-corrected chi connectivity index (χ4v) is 3.29. The van der Waals surface area contributed by atoms with Crippen molar-refractivity contribution in [2.45, 2.75) is 31.0 Å². The van der Waals surface area contributed by atoms with Crippen molar-refractivity contribution in [1.29, 1.82) is 0 Å². The van der Waals surface area contributed by atoms with Gasteiger partial charge >= 0.3 is 0 Å². The predicted molar refractivity (Wildman–Crippen MR) is 57.4 cm³/mol. The van der Waals surface area contributed by atoms with Crippen LogP contribution in [0.3, 0.4) is 0 Å². The predicted octanol–water partition coefficient (Wildman–Crippen LogP) is 0.733. The molecule has 1 N–H and O–H groups in total. The van der Waals surface area contributed by atoms with E-state index in [0.717, 1.165) is 0 Å². The largest absolute Gasteiger partial charge is 0.449 e. The van der Waals surface area contributed by atoms with E-state index in [9.17, 15) is 13.5 Å². The molecule has 2 rings (SSSR count). The van der Waals surface area contributed by atoms with Crippen LogP contribution in [0.15, 0.2) is 21.6 Å². The molecule has 1 saturated heterocycles. The number of hydrogen-bond donors (Lipinski definition) is 1. The van der Waals surface area contributed by atoms with Gasteiger partial charge in [-0.05, 0) is 31.9 Å². The Kier molecular flexibility index (Phi) is 3.05. The van der Waals surface area contributed by atoms with Crippen molar-refractivity contribution >= 4 is 10.0 Å². The molecule has 1 aliphatic heterocycles. The summed E-state index contributed by atoms with van der Waals surface area (Å²) in [4.78, 5) is 0. The summed E-state index contributed by atoms with van der Waals surface area (Å²) in [5, 5.41) is 9.42. The molecule has 0 spiro atoms. The van der Waals surface area contributed by atoms with Crippen molar-refractivity contribution in [1.82, 2.24) is 4.31 Å². The maximum absolute atomic E-state index is 12.1. The summed E-state index contributed by atoms with van der Waals surface area (Å²) in [6, 6.07) is 3.07. The molecule has 5 nitrogen and oxygen atoms in total. The molecular weight excluding hydrogens is 230 g/mol. The van der Waals surface area contributed by atoms with Crippen LogP contribution in [-0.4, -0.2) is 37.0 Å². The summed E-state index contributed by atoms with van der Waals surface area (Å²) in [5.41, 5.74) is 0. The number of furan rings is 1. The third-order valence-corrected chi connectivity index (χ3v) is 4.41. The first-order valence-corrected chi connectivity index (χ1v) is 6.69. The van der Waals surface area contributed by atoms with Crippen LogP contribution >= 0.6 is 0 Å². The fourth-order valence-electron chi connectivity index (χ4n) is 1.82. The van der Waals surface area contributed by atoms with E-state index >= 15 is 0 Å². The Bertz CT molecular complexity index is 465. The van der Waals surface area contributed by atoms with Crippen LogP contribution in [0.1, 0.15) is 18.6 Å². The van der Waals surface area contributed by atoms with Crippen LogP contribution in [0.25, 0.3) is 0 Å². The number of aryl methyl sites for hydroxylation is 1. The lowest BCUT2D eigenvalue weighted by Gasteiger charge is -2.28. The number of sulfonamides is 1. The number of β-amino-alcohol motifs (C(OH)–C–C–N with tert-alkyl or cyclic N) is 1. The van der Waals surface area contributed by atoms with Gasteiger partial charge in [-0.15, -0.1) is 0 Å². The number of aliphatic hydroxyl groups is 1. The smallest absolute Gasteiger partial charge is 0.276 e. The van der Waals surface area contributed by atoms with Crippen LogP contribution in [0.2, 0.25) is 0 Å². The molecule has 0 amide bonds. The molecule has 2 heterocycles. The Labute approximate surface area is 94.7 Å². The molecule has 0 bridgehead atoms. The average Bonchev–Trinajstić information content (AvgIpc) is 2.65. The van der Waals surface area contributed by atoms with E-state index in [1.54, 1.807) is 13.0 Å². The van der Waals surface area contributed by atoms with Gasteiger partial charge in [-0.25, -0.2) is 8.42 Å². The molecule has 1 fully saturated rings. The second kappa shape index (κ2) is 4.20. The molecular formula is C10H15NO4S. The van der Waals surface area contributed by atoms with Gasteiger partial charge in [-0.1, -0.05) is 0 Å². The van der Waals surface area contributed by atoms with Gasteiger partial charge in [0.1, 0.15) is 5.76 Å². The topological polar surface area (TPSA) is 70.8 Å². The van der Waals surface area contributed by atoms with Gasteiger partial charge in [0.05, 0.1) is 6.10 Å². The van der Waals surface area contributed by atoms with E-state index < -0.39 is 16.1 Å². The number of hydrogen-bond acceptors (Lipinski definition) is 4. The summed E-state index contributed by atoms with van der Waals surface area (Å²) in [7, 11) is -3.57. The number of nitrogens with zero attached hydrogens (tertiary/aromatic N) is 1. The first kappa shape index (κ1) is 11.6. The van der Waals surface area contributed by atoms with Crippen molar-refractivity contribution in [2.75, 3.05) is 13.1 Å². The summed E-state index contributed by atoms with van der Waals surface area (Å²) in [6.07, 6.45) is 0.767. The van der Waals surface area contributed by atoms with Crippen molar-refractivity contribution < 1.29 is 17.9 Å². The zero-order chi connectivity index (χ0) is 11.8. The number of aliphatic hydroxyl groups excluding tert-OH is 1. The minimum Gasteiger partial charge on any atom is -0.449 e. The second-order valence-electron chi connectivity index (χ2n) is 4.02. The van der Waals surface area contributed by atoms with Crippen molar-refractivity contribution in [3.05, 3.63) is 17.9 Å². The highest BCUT2D eigenvalue weighted by atomic mass is 32.2. The quantitative estimate of drug-likeness (QED) is 0.834. The zero-order valence-corrected chi connectivity index (χ0v) is 9.90. The third-order valence-electron chi connectivity index (χ3n) is 2.67. The molecule has 0 radical (unpaired) electrons. The molecule has 1 atom stereocenters. The Morgan fingerprint density at radius 3 is 2.81 bits per heavy atom.